The lowest BCUT2D eigenvalue weighted by Gasteiger charge is -2.24. The van der Waals surface area contributed by atoms with E-state index >= 15 is 0 Å². The summed E-state index contributed by atoms with van der Waals surface area (Å²) in [5.41, 5.74) is 2.30. The largest absolute Gasteiger partial charge is 0.508 e. The summed E-state index contributed by atoms with van der Waals surface area (Å²) >= 11 is 0. The van der Waals surface area contributed by atoms with Crippen LogP contribution >= 0.6 is 0 Å². The molecule has 80 valence electrons. The summed E-state index contributed by atoms with van der Waals surface area (Å²) in [5, 5.41) is 12.5. The molecule has 1 unspecified atom stereocenters. The average molecular weight is 205 g/mol. The minimum Gasteiger partial charge on any atom is -0.508 e. The molecule has 15 heavy (non-hydrogen) atoms. The van der Waals surface area contributed by atoms with E-state index in [2.05, 4.69) is 18.3 Å². The second-order valence-corrected chi connectivity index (χ2v) is 3.73. The Morgan fingerprint density at radius 1 is 1.33 bits per heavy atom. The second-order valence-electron chi connectivity index (χ2n) is 3.73. The van der Waals surface area contributed by atoms with E-state index in [1.54, 1.807) is 12.1 Å². The maximum atomic E-state index is 9.15. The Balaban J connectivity index is 2.05. The van der Waals surface area contributed by atoms with Crippen LogP contribution in [0.25, 0.3) is 0 Å². The molecule has 1 aliphatic rings. The first-order valence-electron chi connectivity index (χ1n) is 5.05. The molecular weight excluding hydrogens is 190 g/mol. The zero-order valence-corrected chi connectivity index (χ0v) is 8.73. The van der Waals surface area contributed by atoms with Gasteiger partial charge < -0.3 is 15.2 Å². The van der Waals surface area contributed by atoms with Crippen LogP contribution in [0, 0.1) is 0 Å². The Kier molecular flexibility index (Phi) is 2.92. The van der Waals surface area contributed by atoms with Crippen LogP contribution in [0.4, 0.5) is 5.69 Å². The fraction of sp³-hybridized carbons (Fsp3) is 0.333. The number of hydrogen-bond donors (Lipinski definition) is 2. The molecule has 0 amide bonds. The fourth-order valence-electron chi connectivity index (χ4n) is 1.56. The van der Waals surface area contributed by atoms with Crippen molar-refractivity contribution in [1.29, 1.82) is 0 Å². The van der Waals surface area contributed by atoms with Gasteiger partial charge in [-0.25, -0.2) is 0 Å². The Bertz CT molecular complexity index is 356. The molecule has 1 aromatic rings. The number of benzene rings is 1. The van der Waals surface area contributed by atoms with Crippen molar-refractivity contribution in [2.24, 2.45) is 0 Å². The van der Waals surface area contributed by atoms with Crippen molar-refractivity contribution in [2.75, 3.05) is 18.5 Å². The van der Waals surface area contributed by atoms with Crippen LogP contribution in [-0.4, -0.2) is 24.4 Å². The topological polar surface area (TPSA) is 41.5 Å². The van der Waals surface area contributed by atoms with Gasteiger partial charge >= 0.3 is 0 Å². The standard InChI is InChI=1S/C12H15NO2/c1-9-6-7-15-8-12(9)13-10-2-4-11(14)5-3-10/h2-6,12-14H,7-8H2,1H3. The van der Waals surface area contributed by atoms with Crippen molar-refractivity contribution >= 4 is 5.69 Å². The van der Waals surface area contributed by atoms with Crippen LogP contribution < -0.4 is 5.32 Å². The predicted molar refractivity (Wildman–Crippen MR) is 60.1 cm³/mol. The van der Waals surface area contributed by atoms with Crippen LogP contribution in [0.5, 0.6) is 5.75 Å². The van der Waals surface area contributed by atoms with E-state index < -0.39 is 0 Å². The number of ether oxygens (including phenoxy) is 1. The first kappa shape index (κ1) is 10.1. The van der Waals surface area contributed by atoms with E-state index in [1.807, 2.05) is 12.1 Å². The number of rotatable bonds is 2. The molecule has 0 aromatic heterocycles. The molecule has 1 aliphatic heterocycles. The Hall–Kier alpha value is -1.48. The van der Waals surface area contributed by atoms with E-state index in [-0.39, 0.29) is 11.8 Å². The van der Waals surface area contributed by atoms with Crippen molar-refractivity contribution in [1.82, 2.24) is 0 Å². The van der Waals surface area contributed by atoms with Crippen LogP contribution in [0.3, 0.4) is 0 Å². The summed E-state index contributed by atoms with van der Waals surface area (Å²) in [6.07, 6.45) is 2.08. The molecule has 1 aromatic carbocycles. The zero-order chi connectivity index (χ0) is 10.7. The van der Waals surface area contributed by atoms with E-state index in [0.717, 1.165) is 5.69 Å². The molecule has 3 nitrogen and oxygen atoms in total. The van der Waals surface area contributed by atoms with E-state index in [9.17, 15) is 0 Å². The molecule has 3 heteroatoms. The molecule has 0 radical (unpaired) electrons. The van der Waals surface area contributed by atoms with Crippen molar-refractivity contribution in [3.63, 3.8) is 0 Å². The van der Waals surface area contributed by atoms with Gasteiger partial charge in [-0.3, -0.25) is 0 Å². The van der Waals surface area contributed by atoms with Crippen LogP contribution in [0.15, 0.2) is 35.9 Å². The number of anilines is 1. The highest BCUT2D eigenvalue weighted by Gasteiger charge is 2.13. The van der Waals surface area contributed by atoms with Gasteiger partial charge in [-0.2, -0.15) is 0 Å². The van der Waals surface area contributed by atoms with Gasteiger partial charge in [0.1, 0.15) is 5.75 Å². The van der Waals surface area contributed by atoms with Gasteiger partial charge in [0.15, 0.2) is 0 Å². The van der Waals surface area contributed by atoms with Gasteiger partial charge in [-0.05, 0) is 31.2 Å². The van der Waals surface area contributed by atoms with Gasteiger partial charge in [0, 0.05) is 5.69 Å². The third-order valence-electron chi connectivity index (χ3n) is 2.57. The zero-order valence-electron chi connectivity index (χ0n) is 8.73. The van der Waals surface area contributed by atoms with Crippen LogP contribution in [-0.2, 0) is 4.74 Å². The minimum atomic E-state index is 0.239. The highest BCUT2D eigenvalue weighted by Crippen LogP contribution is 2.18. The molecule has 0 saturated heterocycles. The summed E-state index contributed by atoms with van der Waals surface area (Å²) in [7, 11) is 0. The Morgan fingerprint density at radius 2 is 2.07 bits per heavy atom. The molecule has 0 fully saturated rings. The third kappa shape index (κ3) is 2.50. The monoisotopic (exact) mass is 205 g/mol. The molecule has 2 rings (SSSR count). The van der Waals surface area contributed by atoms with Crippen molar-refractivity contribution in [2.45, 2.75) is 13.0 Å². The third-order valence-corrected chi connectivity index (χ3v) is 2.57. The van der Waals surface area contributed by atoms with E-state index in [4.69, 9.17) is 9.84 Å². The molecular formula is C12H15NO2. The van der Waals surface area contributed by atoms with Gasteiger partial charge in [0.05, 0.1) is 19.3 Å². The highest BCUT2D eigenvalue weighted by molar-refractivity contribution is 5.48. The summed E-state index contributed by atoms with van der Waals surface area (Å²) < 4.78 is 5.36. The highest BCUT2D eigenvalue weighted by atomic mass is 16.5. The average Bonchev–Trinajstić information content (AvgIpc) is 2.25. The lowest BCUT2D eigenvalue weighted by Crippen LogP contribution is -2.30. The van der Waals surface area contributed by atoms with Gasteiger partial charge in [-0.15, -0.1) is 0 Å². The van der Waals surface area contributed by atoms with Gasteiger partial charge in [0.2, 0.25) is 0 Å². The van der Waals surface area contributed by atoms with Gasteiger partial charge in [0.25, 0.3) is 0 Å². The maximum Gasteiger partial charge on any atom is 0.115 e. The minimum absolute atomic E-state index is 0.239. The van der Waals surface area contributed by atoms with Crippen LogP contribution in [0.1, 0.15) is 6.92 Å². The van der Waals surface area contributed by atoms with Crippen molar-refractivity contribution < 1.29 is 9.84 Å². The Labute approximate surface area is 89.4 Å². The fourth-order valence-corrected chi connectivity index (χ4v) is 1.56. The summed E-state index contributed by atoms with van der Waals surface area (Å²) in [4.78, 5) is 0. The van der Waals surface area contributed by atoms with Crippen molar-refractivity contribution in [3.05, 3.63) is 35.9 Å². The maximum absolute atomic E-state index is 9.15. The number of aromatic hydroxyl groups is 1. The molecule has 0 bridgehead atoms. The molecule has 0 saturated carbocycles. The smallest absolute Gasteiger partial charge is 0.115 e. The first-order valence-corrected chi connectivity index (χ1v) is 5.05. The number of hydrogen-bond acceptors (Lipinski definition) is 3. The molecule has 1 atom stereocenters. The van der Waals surface area contributed by atoms with Crippen LogP contribution in [0.2, 0.25) is 0 Å². The number of phenolic OH excluding ortho intramolecular Hbond substituents is 1. The molecule has 2 N–H and O–H groups in total. The second kappa shape index (κ2) is 4.36. The van der Waals surface area contributed by atoms with E-state index in [1.165, 1.54) is 5.57 Å². The quantitative estimate of drug-likeness (QED) is 0.574. The summed E-state index contributed by atoms with van der Waals surface area (Å²) in [6.45, 7) is 3.50. The van der Waals surface area contributed by atoms with E-state index in [0.29, 0.717) is 13.2 Å². The Morgan fingerprint density at radius 3 is 2.73 bits per heavy atom. The van der Waals surface area contributed by atoms with Gasteiger partial charge in [-0.1, -0.05) is 11.6 Å². The lowest BCUT2D eigenvalue weighted by atomic mass is 10.1. The molecule has 1 heterocycles. The first-order chi connectivity index (χ1) is 7.25. The molecule has 0 spiro atoms. The SMILES string of the molecule is CC1=CCOCC1Nc1ccc(O)cc1. The number of nitrogens with one attached hydrogen (secondary N) is 1. The predicted octanol–water partition coefficient (Wildman–Crippen LogP) is 2.15. The normalized spacial score (nSPS) is 20.9. The summed E-state index contributed by atoms with van der Waals surface area (Å²) in [6, 6.07) is 7.30. The molecule has 0 aliphatic carbocycles. The lowest BCUT2D eigenvalue weighted by molar-refractivity contribution is 0.147. The number of phenols is 1. The summed E-state index contributed by atoms with van der Waals surface area (Å²) in [5.74, 6) is 0.285. The van der Waals surface area contributed by atoms with Crippen molar-refractivity contribution in [3.8, 4) is 5.75 Å².